The summed E-state index contributed by atoms with van der Waals surface area (Å²) in [5.74, 6) is -2.76. The number of likely N-dealkylation sites (N-methyl/N-ethyl adjacent to an activating group) is 1. The van der Waals surface area contributed by atoms with Crippen molar-refractivity contribution < 1.29 is 26.3 Å². The largest absolute Gasteiger partial charge is 0.453 e. The Morgan fingerprint density at radius 3 is 2.24 bits per heavy atom. The first-order chi connectivity index (χ1) is 20.2. The summed E-state index contributed by atoms with van der Waals surface area (Å²) in [5, 5.41) is 0. The van der Waals surface area contributed by atoms with Crippen LogP contribution in [0.25, 0.3) is 11.1 Å². The first kappa shape index (κ1) is 28.3. The Bertz CT molecular complexity index is 1690. The quantitative estimate of drug-likeness (QED) is 0.234. The lowest BCUT2D eigenvalue weighted by molar-refractivity contribution is 0.218. The minimum absolute atomic E-state index is 0.0542. The molecule has 5 nitrogen and oxygen atoms in total. The summed E-state index contributed by atoms with van der Waals surface area (Å²) in [6.45, 7) is 0.404. The Labute approximate surface area is 244 Å². The van der Waals surface area contributed by atoms with Crippen LogP contribution in [0, 0.1) is 23.4 Å². The van der Waals surface area contributed by atoms with E-state index < -0.39 is 27.5 Å². The Morgan fingerprint density at radius 2 is 1.52 bits per heavy atom. The highest BCUT2D eigenvalue weighted by atomic mass is 32.2. The van der Waals surface area contributed by atoms with Gasteiger partial charge in [-0.15, -0.1) is 0 Å². The fourth-order valence-corrected chi connectivity index (χ4v) is 7.74. The second-order valence-electron chi connectivity index (χ2n) is 10.9. The average Bonchev–Trinajstić information content (AvgIpc) is 3.08. The SMILES string of the molecule is CN1[C@H](C2CCCCC2)CN(c2ccccc2)c2cc(Oc3cccc(F)c3F)c(-c3ccc(F)cc3)cc2S1(=O)=O. The molecular formula is C33H31F3N2O3S. The molecule has 42 heavy (non-hydrogen) atoms. The molecule has 0 bridgehead atoms. The van der Waals surface area contributed by atoms with Gasteiger partial charge in [0.25, 0.3) is 0 Å². The fraction of sp³-hybridized carbons (Fsp3) is 0.273. The van der Waals surface area contributed by atoms with Crippen LogP contribution in [0.1, 0.15) is 32.1 Å². The second-order valence-corrected chi connectivity index (χ2v) is 12.9. The first-order valence-corrected chi connectivity index (χ1v) is 15.5. The highest BCUT2D eigenvalue weighted by molar-refractivity contribution is 7.89. The van der Waals surface area contributed by atoms with Gasteiger partial charge in [-0.1, -0.05) is 55.7 Å². The maximum absolute atomic E-state index is 14.8. The van der Waals surface area contributed by atoms with E-state index in [2.05, 4.69) is 0 Å². The van der Waals surface area contributed by atoms with Crippen molar-refractivity contribution in [1.82, 2.24) is 4.31 Å². The lowest BCUT2D eigenvalue weighted by Gasteiger charge is -2.36. The molecule has 0 aromatic heterocycles. The summed E-state index contributed by atoms with van der Waals surface area (Å²) < 4.78 is 79.0. The second kappa shape index (κ2) is 11.5. The third-order valence-corrected chi connectivity index (χ3v) is 10.3. The van der Waals surface area contributed by atoms with Crippen molar-refractivity contribution in [3.63, 3.8) is 0 Å². The molecule has 2 aliphatic rings. The van der Waals surface area contributed by atoms with Gasteiger partial charge in [-0.3, -0.25) is 0 Å². The van der Waals surface area contributed by atoms with Gasteiger partial charge in [-0.05, 0) is 66.8 Å². The number of ether oxygens (including phenoxy) is 1. The summed E-state index contributed by atoms with van der Waals surface area (Å²) in [6, 6.07) is 21.4. The summed E-state index contributed by atoms with van der Waals surface area (Å²) in [7, 11) is -2.38. The molecule has 0 N–H and O–H groups in total. The zero-order valence-electron chi connectivity index (χ0n) is 23.1. The van der Waals surface area contributed by atoms with Gasteiger partial charge in [-0.2, -0.15) is 8.70 Å². The molecule has 6 rings (SSSR count). The van der Waals surface area contributed by atoms with Gasteiger partial charge in [0.1, 0.15) is 16.5 Å². The van der Waals surface area contributed by atoms with Crippen LogP contribution in [0.2, 0.25) is 0 Å². The third-order valence-electron chi connectivity index (χ3n) is 8.40. The molecule has 1 aliphatic heterocycles. The molecule has 0 unspecified atom stereocenters. The average molecular weight is 593 g/mol. The third kappa shape index (κ3) is 5.27. The molecule has 4 aromatic rings. The van der Waals surface area contributed by atoms with E-state index >= 15 is 0 Å². The molecular weight excluding hydrogens is 561 g/mol. The molecule has 1 fully saturated rings. The standard InChI is InChI=1S/C33H31F3N2O3S/c1-37-29(23-9-4-2-5-10-23)21-38(25-11-6-3-7-12-25)28-20-31(41-30-14-8-13-27(35)33(30)36)26(19-32(28)42(37,39)40)22-15-17-24(34)18-16-22/h3,6-8,11-20,23,29H,2,4-5,9-10,21H2,1H3/t29-/m0/s1. The number of hydrogen-bond donors (Lipinski definition) is 0. The number of anilines is 2. The summed E-state index contributed by atoms with van der Waals surface area (Å²) in [4.78, 5) is 2.03. The molecule has 0 amide bonds. The zero-order valence-corrected chi connectivity index (χ0v) is 24.0. The molecule has 0 radical (unpaired) electrons. The van der Waals surface area contributed by atoms with E-state index in [1.807, 2.05) is 35.2 Å². The van der Waals surface area contributed by atoms with E-state index in [9.17, 15) is 21.6 Å². The molecule has 218 valence electrons. The van der Waals surface area contributed by atoms with Crippen molar-refractivity contribution in [3.05, 3.63) is 102 Å². The number of sulfonamides is 1. The van der Waals surface area contributed by atoms with Crippen LogP contribution in [0.15, 0.2) is 89.8 Å². The lowest BCUT2D eigenvalue weighted by Crippen LogP contribution is -2.46. The van der Waals surface area contributed by atoms with E-state index in [-0.39, 0.29) is 28.4 Å². The van der Waals surface area contributed by atoms with Crippen LogP contribution >= 0.6 is 0 Å². The monoisotopic (exact) mass is 592 g/mol. The number of halogens is 3. The molecule has 1 atom stereocenters. The maximum atomic E-state index is 14.8. The van der Waals surface area contributed by atoms with Gasteiger partial charge in [0.15, 0.2) is 11.6 Å². The van der Waals surface area contributed by atoms with E-state index in [1.54, 1.807) is 13.1 Å². The van der Waals surface area contributed by atoms with Crippen LogP contribution in [-0.4, -0.2) is 32.4 Å². The Kier molecular flexibility index (Phi) is 7.72. The topological polar surface area (TPSA) is 49.9 Å². The molecule has 1 aliphatic carbocycles. The van der Waals surface area contributed by atoms with Gasteiger partial charge in [0, 0.05) is 37.0 Å². The van der Waals surface area contributed by atoms with Crippen molar-refractivity contribution in [3.8, 4) is 22.6 Å². The van der Waals surface area contributed by atoms with Crippen LogP contribution < -0.4 is 9.64 Å². The smallest absolute Gasteiger partial charge is 0.245 e. The van der Waals surface area contributed by atoms with Crippen molar-refractivity contribution in [2.45, 2.75) is 43.0 Å². The highest BCUT2D eigenvalue weighted by Gasteiger charge is 2.41. The minimum atomic E-state index is -4.01. The van der Waals surface area contributed by atoms with E-state index in [0.29, 0.717) is 23.4 Å². The van der Waals surface area contributed by atoms with E-state index in [1.165, 1.54) is 46.8 Å². The number of fused-ring (bicyclic) bond motifs is 1. The van der Waals surface area contributed by atoms with Crippen molar-refractivity contribution >= 4 is 21.4 Å². The molecule has 1 heterocycles. The van der Waals surface area contributed by atoms with Gasteiger partial charge >= 0.3 is 0 Å². The number of para-hydroxylation sites is 1. The highest BCUT2D eigenvalue weighted by Crippen LogP contribution is 2.46. The molecule has 9 heteroatoms. The van der Waals surface area contributed by atoms with Gasteiger partial charge in [0.05, 0.1) is 5.69 Å². The van der Waals surface area contributed by atoms with Crippen LogP contribution in [-0.2, 0) is 10.0 Å². The van der Waals surface area contributed by atoms with E-state index in [4.69, 9.17) is 4.74 Å². The number of hydrogen-bond acceptors (Lipinski definition) is 4. The van der Waals surface area contributed by atoms with Crippen molar-refractivity contribution in [2.24, 2.45) is 5.92 Å². The molecule has 4 aromatic carbocycles. The number of rotatable bonds is 5. The number of benzene rings is 4. The first-order valence-electron chi connectivity index (χ1n) is 14.1. The van der Waals surface area contributed by atoms with Crippen LogP contribution in [0.5, 0.6) is 11.5 Å². The maximum Gasteiger partial charge on any atom is 0.245 e. The molecule has 0 saturated heterocycles. The van der Waals surface area contributed by atoms with Gasteiger partial charge in [-0.25, -0.2) is 17.2 Å². The number of nitrogens with zero attached hydrogens (tertiary/aromatic N) is 2. The van der Waals surface area contributed by atoms with Crippen LogP contribution in [0.3, 0.4) is 0 Å². The predicted molar refractivity (Wildman–Crippen MR) is 157 cm³/mol. The molecule has 1 saturated carbocycles. The Hall–Kier alpha value is -3.82. The Morgan fingerprint density at radius 1 is 0.810 bits per heavy atom. The van der Waals surface area contributed by atoms with Crippen LogP contribution in [0.4, 0.5) is 24.5 Å². The van der Waals surface area contributed by atoms with E-state index in [0.717, 1.165) is 43.9 Å². The Balaban J connectivity index is 1.59. The predicted octanol–water partition coefficient (Wildman–Crippen LogP) is 8.28. The normalized spacial score (nSPS) is 19.2. The fourth-order valence-electron chi connectivity index (χ4n) is 6.14. The summed E-state index contributed by atoms with van der Waals surface area (Å²) in [6.07, 6.45) is 5.13. The molecule has 0 spiro atoms. The van der Waals surface area contributed by atoms with Gasteiger partial charge < -0.3 is 9.64 Å². The van der Waals surface area contributed by atoms with Crippen molar-refractivity contribution in [1.29, 1.82) is 0 Å². The van der Waals surface area contributed by atoms with Gasteiger partial charge in [0.2, 0.25) is 15.8 Å². The summed E-state index contributed by atoms with van der Waals surface area (Å²) in [5.41, 5.74) is 1.92. The lowest BCUT2D eigenvalue weighted by atomic mass is 9.83. The van der Waals surface area contributed by atoms with Crippen molar-refractivity contribution in [2.75, 3.05) is 18.5 Å². The zero-order chi connectivity index (χ0) is 29.4. The summed E-state index contributed by atoms with van der Waals surface area (Å²) >= 11 is 0. The minimum Gasteiger partial charge on any atom is -0.453 e.